The number of hydrogen-bond donors (Lipinski definition) is 0. The summed E-state index contributed by atoms with van der Waals surface area (Å²) in [7, 11) is 0. The van der Waals surface area contributed by atoms with Crippen molar-refractivity contribution in [3.05, 3.63) is 212 Å². The number of pyridine rings is 3. The van der Waals surface area contributed by atoms with Crippen LogP contribution in [-0.2, 0) is 0 Å². The van der Waals surface area contributed by atoms with E-state index in [-0.39, 0.29) is 0 Å². The molecule has 1 aliphatic heterocycles. The van der Waals surface area contributed by atoms with Crippen molar-refractivity contribution in [3.63, 3.8) is 0 Å². The molecule has 0 saturated heterocycles. The van der Waals surface area contributed by atoms with Gasteiger partial charge in [0.15, 0.2) is 0 Å². The fourth-order valence-corrected chi connectivity index (χ4v) is 9.79. The summed E-state index contributed by atoms with van der Waals surface area (Å²) in [5, 5.41) is 6.37. The highest BCUT2D eigenvalue weighted by Gasteiger charge is 2.26. The molecule has 9 nitrogen and oxygen atoms in total. The Morgan fingerprint density at radius 2 is 0.636 bits per heavy atom. The molecule has 0 fully saturated rings. The Kier molecular flexibility index (Phi) is 7.78. The van der Waals surface area contributed by atoms with Crippen LogP contribution in [0.2, 0.25) is 0 Å². The van der Waals surface area contributed by atoms with Gasteiger partial charge < -0.3 is 13.4 Å². The third-order valence-corrected chi connectivity index (χ3v) is 12.7. The molecule has 310 valence electrons. The lowest BCUT2D eigenvalue weighted by Gasteiger charge is -2.30. The van der Waals surface area contributed by atoms with E-state index in [2.05, 4.69) is 141 Å². The van der Waals surface area contributed by atoms with E-state index in [0.29, 0.717) is 34.9 Å². The van der Waals surface area contributed by atoms with Crippen LogP contribution in [0.3, 0.4) is 0 Å². The first-order chi connectivity index (χ1) is 32.7. The lowest BCUT2D eigenvalue weighted by Crippen LogP contribution is -2.20. The maximum atomic E-state index is 6.30. The second kappa shape index (κ2) is 14.2. The molecule has 7 heterocycles. The molecule has 66 heavy (non-hydrogen) atoms. The Bertz CT molecular complexity index is 3880. The number of furan rings is 2. The minimum Gasteiger partial charge on any atom is -0.456 e. The molecule has 0 saturated carbocycles. The van der Waals surface area contributed by atoms with Crippen molar-refractivity contribution in [3.8, 4) is 5.69 Å². The molecule has 0 radical (unpaired) electrons. The van der Waals surface area contributed by atoms with Crippen molar-refractivity contribution in [2.45, 2.75) is 0 Å². The lowest BCUT2D eigenvalue weighted by molar-refractivity contribution is 0.668. The average molecular weight is 850 g/mol. The van der Waals surface area contributed by atoms with Crippen molar-refractivity contribution < 1.29 is 8.83 Å². The Morgan fingerprint density at radius 1 is 0.258 bits per heavy atom. The maximum absolute atomic E-state index is 6.30. The van der Waals surface area contributed by atoms with Crippen LogP contribution in [0.4, 0.5) is 52.0 Å². The van der Waals surface area contributed by atoms with Crippen LogP contribution < -0.4 is 14.7 Å². The van der Waals surface area contributed by atoms with Crippen molar-refractivity contribution in [2.75, 3.05) is 14.7 Å². The second-order valence-electron chi connectivity index (χ2n) is 16.5. The second-order valence-corrected chi connectivity index (χ2v) is 16.5. The van der Waals surface area contributed by atoms with E-state index in [4.69, 9.17) is 23.8 Å². The molecule has 14 rings (SSSR count). The van der Waals surface area contributed by atoms with Gasteiger partial charge in [0, 0.05) is 55.1 Å². The first-order valence-electron chi connectivity index (χ1n) is 21.9. The Hall–Kier alpha value is -9.21. The smallest absolute Gasteiger partial charge is 0.141 e. The van der Waals surface area contributed by atoms with Crippen LogP contribution in [0.25, 0.3) is 71.4 Å². The SMILES string of the molecule is c1ccc(-n2c3ccccc3c3cc(N4c5cccc(n5)N(c5ccc6oc7ccccc7c6c5)c5cccc(n5)N(c5ccc6oc7ccccc7c6c5)c5cccc4n5)ccc32)cc1. The van der Waals surface area contributed by atoms with Crippen molar-refractivity contribution >= 4 is 118 Å². The summed E-state index contributed by atoms with van der Waals surface area (Å²) in [5.41, 5.74) is 9.33. The van der Waals surface area contributed by atoms with E-state index in [1.807, 2.05) is 91.0 Å². The molecular formula is C57H35N7O2. The van der Waals surface area contributed by atoms with Gasteiger partial charge >= 0.3 is 0 Å². The topological polar surface area (TPSA) is 79.6 Å². The van der Waals surface area contributed by atoms with Gasteiger partial charge in [-0.05, 0) is 121 Å². The molecule has 0 N–H and O–H groups in total. The number of aromatic nitrogens is 4. The maximum Gasteiger partial charge on any atom is 0.141 e. The molecule has 7 aromatic carbocycles. The van der Waals surface area contributed by atoms with Gasteiger partial charge in [0.05, 0.1) is 11.0 Å². The van der Waals surface area contributed by atoms with Gasteiger partial charge in [-0.25, -0.2) is 15.0 Å². The van der Waals surface area contributed by atoms with Gasteiger partial charge in [-0.2, -0.15) is 0 Å². The van der Waals surface area contributed by atoms with Gasteiger partial charge in [0.25, 0.3) is 0 Å². The number of anilines is 9. The van der Waals surface area contributed by atoms with Crippen LogP contribution >= 0.6 is 0 Å². The predicted octanol–water partition coefficient (Wildman–Crippen LogP) is 15.5. The van der Waals surface area contributed by atoms with E-state index in [9.17, 15) is 0 Å². The van der Waals surface area contributed by atoms with E-state index in [0.717, 1.165) is 88.4 Å². The number of rotatable bonds is 4. The lowest BCUT2D eigenvalue weighted by atomic mass is 10.1. The van der Waals surface area contributed by atoms with Gasteiger partial charge in [-0.15, -0.1) is 0 Å². The molecule has 0 aliphatic carbocycles. The third kappa shape index (κ3) is 5.56. The fraction of sp³-hybridized carbons (Fsp3) is 0. The highest BCUT2D eigenvalue weighted by molar-refractivity contribution is 6.11. The quantitative estimate of drug-likeness (QED) is 0.173. The van der Waals surface area contributed by atoms with E-state index < -0.39 is 0 Å². The molecule has 13 aromatic rings. The van der Waals surface area contributed by atoms with Gasteiger partial charge in [0.1, 0.15) is 57.2 Å². The minimum absolute atomic E-state index is 0.683. The molecule has 9 heteroatoms. The number of hydrogen-bond acceptors (Lipinski definition) is 8. The third-order valence-electron chi connectivity index (χ3n) is 12.7. The van der Waals surface area contributed by atoms with Crippen molar-refractivity contribution in [1.82, 2.24) is 19.5 Å². The molecule has 6 bridgehead atoms. The highest BCUT2D eigenvalue weighted by Crippen LogP contribution is 2.45. The van der Waals surface area contributed by atoms with Crippen molar-refractivity contribution in [1.29, 1.82) is 0 Å². The molecule has 0 spiro atoms. The summed E-state index contributed by atoms with van der Waals surface area (Å²) in [4.78, 5) is 22.9. The van der Waals surface area contributed by atoms with Crippen LogP contribution in [0, 0.1) is 0 Å². The fourth-order valence-electron chi connectivity index (χ4n) is 9.79. The molecule has 0 amide bonds. The standard InChI is InChI=1S/C57H35N7O2/c1-2-13-36(14-3-1)61-46-18-7-4-15-40(46)43-33-37(27-30-47(43)61)62-52-21-10-23-54(58-52)63(38-28-31-50-44(34-38)41-16-5-8-19-48(41)65-50)56-25-12-26-57(60-56)64(55-24-11-22-53(62)59-55)39-29-32-51-45(35-39)42-17-6-9-20-49(42)66-51/h1-35H. The summed E-state index contributed by atoms with van der Waals surface area (Å²) in [5.74, 6) is 4.12. The normalized spacial score (nSPS) is 12.8. The Labute approximate surface area is 377 Å². The van der Waals surface area contributed by atoms with Gasteiger partial charge in [0.2, 0.25) is 0 Å². The molecule has 0 unspecified atom stereocenters. The summed E-state index contributed by atoms with van der Waals surface area (Å²) < 4.78 is 14.9. The van der Waals surface area contributed by atoms with Crippen LogP contribution in [0.5, 0.6) is 0 Å². The van der Waals surface area contributed by atoms with E-state index in [1.54, 1.807) is 0 Å². The Balaban J connectivity index is 1.03. The van der Waals surface area contributed by atoms with Crippen LogP contribution in [-0.4, -0.2) is 19.5 Å². The molecular weight excluding hydrogens is 815 g/mol. The monoisotopic (exact) mass is 849 g/mol. The first kappa shape index (κ1) is 36.3. The summed E-state index contributed by atoms with van der Waals surface area (Å²) >= 11 is 0. The predicted molar refractivity (Wildman–Crippen MR) is 266 cm³/mol. The summed E-state index contributed by atoms with van der Waals surface area (Å²) in [6.45, 7) is 0. The largest absolute Gasteiger partial charge is 0.456 e. The number of para-hydroxylation sites is 4. The van der Waals surface area contributed by atoms with Crippen molar-refractivity contribution in [2.24, 2.45) is 0 Å². The average Bonchev–Trinajstić information content (AvgIpc) is 4.04. The van der Waals surface area contributed by atoms with E-state index >= 15 is 0 Å². The van der Waals surface area contributed by atoms with Crippen LogP contribution in [0.1, 0.15) is 0 Å². The first-order valence-corrected chi connectivity index (χ1v) is 21.9. The van der Waals surface area contributed by atoms with Gasteiger partial charge in [-0.1, -0.05) is 91.0 Å². The molecule has 1 aliphatic rings. The minimum atomic E-state index is 0.683. The molecule has 6 aromatic heterocycles. The Morgan fingerprint density at radius 3 is 1.14 bits per heavy atom. The molecule has 0 atom stereocenters. The van der Waals surface area contributed by atoms with Crippen LogP contribution in [0.15, 0.2) is 221 Å². The number of benzene rings is 7. The summed E-state index contributed by atoms with van der Waals surface area (Å²) in [6.07, 6.45) is 0. The van der Waals surface area contributed by atoms with Gasteiger partial charge in [-0.3, -0.25) is 14.7 Å². The highest BCUT2D eigenvalue weighted by atomic mass is 16.3. The van der Waals surface area contributed by atoms with E-state index in [1.165, 1.54) is 0 Å². The zero-order valence-corrected chi connectivity index (χ0v) is 35.2. The number of fused-ring (bicyclic) bond motifs is 15. The zero-order valence-electron chi connectivity index (χ0n) is 35.2. The number of nitrogens with zero attached hydrogens (tertiary/aromatic N) is 7. The zero-order chi connectivity index (χ0) is 43.3. The summed E-state index contributed by atoms with van der Waals surface area (Å²) in [6, 6.07) is 73.0.